The van der Waals surface area contributed by atoms with Crippen molar-refractivity contribution < 1.29 is 4.74 Å². The van der Waals surface area contributed by atoms with Gasteiger partial charge in [0.15, 0.2) is 0 Å². The molecule has 2 N–H and O–H groups in total. The molecule has 0 fully saturated rings. The highest BCUT2D eigenvalue weighted by Crippen LogP contribution is 2.29. The van der Waals surface area contributed by atoms with Gasteiger partial charge >= 0.3 is 0 Å². The number of ether oxygens (including phenoxy) is 1. The first-order chi connectivity index (χ1) is 9.24. The second-order valence-electron chi connectivity index (χ2n) is 4.85. The fourth-order valence-corrected chi connectivity index (χ4v) is 3.03. The highest BCUT2D eigenvalue weighted by molar-refractivity contribution is 14.1. The molecular formula is C16H16INO. The maximum Gasteiger partial charge on any atom is 0.122 e. The molecule has 0 radical (unpaired) electrons. The molecule has 0 spiro atoms. The van der Waals surface area contributed by atoms with Crippen molar-refractivity contribution in [1.29, 1.82) is 0 Å². The third-order valence-corrected chi connectivity index (χ3v) is 4.17. The van der Waals surface area contributed by atoms with E-state index in [9.17, 15) is 0 Å². The zero-order chi connectivity index (χ0) is 13.2. The van der Waals surface area contributed by atoms with E-state index in [4.69, 9.17) is 10.5 Å². The van der Waals surface area contributed by atoms with Crippen LogP contribution in [-0.2, 0) is 6.42 Å². The summed E-state index contributed by atoms with van der Waals surface area (Å²) >= 11 is 2.32. The van der Waals surface area contributed by atoms with Crippen molar-refractivity contribution >= 4 is 22.6 Å². The lowest BCUT2D eigenvalue weighted by atomic mass is 9.95. The van der Waals surface area contributed by atoms with Crippen molar-refractivity contribution in [2.24, 2.45) is 5.73 Å². The van der Waals surface area contributed by atoms with Crippen molar-refractivity contribution in [2.45, 2.75) is 18.9 Å². The average Bonchev–Trinajstić information content (AvgIpc) is 2.46. The molecule has 0 aromatic heterocycles. The van der Waals surface area contributed by atoms with Crippen molar-refractivity contribution in [3.63, 3.8) is 0 Å². The van der Waals surface area contributed by atoms with Crippen LogP contribution in [0.4, 0.5) is 0 Å². The molecule has 3 heteroatoms. The molecule has 0 bridgehead atoms. The summed E-state index contributed by atoms with van der Waals surface area (Å²) in [5, 5.41) is 0. The Morgan fingerprint density at radius 3 is 2.79 bits per heavy atom. The maximum atomic E-state index is 6.37. The Labute approximate surface area is 127 Å². The topological polar surface area (TPSA) is 35.2 Å². The maximum absolute atomic E-state index is 6.37. The van der Waals surface area contributed by atoms with Gasteiger partial charge in [-0.05, 0) is 70.3 Å². The molecule has 3 rings (SSSR count). The normalized spacial score (nSPS) is 15.5. The number of nitrogens with two attached hydrogens (primary N) is 1. The van der Waals surface area contributed by atoms with Gasteiger partial charge in [-0.15, -0.1) is 0 Å². The number of aryl methyl sites for hydroxylation is 1. The first-order valence-electron chi connectivity index (χ1n) is 6.51. The lowest BCUT2D eigenvalue weighted by molar-refractivity contribution is 0.288. The quantitative estimate of drug-likeness (QED) is 0.825. The summed E-state index contributed by atoms with van der Waals surface area (Å²) in [6.45, 7) is 0.829. The molecule has 1 unspecified atom stereocenters. The van der Waals surface area contributed by atoms with E-state index in [1.807, 2.05) is 0 Å². The molecule has 2 nitrogen and oxygen atoms in total. The van der Waals surface area contributed by atoms with Crippen LogP contribution in [-0.4, -0.2) is 6.61 Å². The molecular weight excluding hydrogens is 349 g/mol. The molecule has 1 aliphatic rings. The third-order valence-electron chi connectivity index (χ3n) is 3.50. The van der Waals surface area contributed by atoms with E-state index >= 15 is 0 Å². The zero-order valence-corrected chi connectivity index (χ0v) is 12.8. The summed E-state index contributed by atoms with van der Waals surface area (Å²) in [5.74, 6) is 1.02. The summed E-state index contributed by atoms with van der Waals surface area (Å²) < 4.78 is 6.86. The van der Waals surface area contributed by atoms with Gasteiger partial charge in [-0.25, -0.2) is 0 Å². The second-order valence-corrected chi connectivity index (χ2v) is 6.10. The molecule has 19 heavy (non-hydrogen) atoms. The second kappa shape index (κ2) is 5.51. The van der Waals surface area contributed by atoms with E-state index in [-0.39, 0.29) is 6.04 Å². The lowest BCUT2D eigenvalue weighted by Crippen LogP contribution is -2.14. The Bertz CT molecular complexity index is 597. The van der Waals surface area contributed by atoms with E-state index < -0.39 is 0 Å². The summed E-state index contributed by atoms with van der Waals surface area (Å²) in [6, 6.07) is 14.6. The van der Waals surface area contributed by atoms with Crippen LogP contribution in [0.3, 0.4) is 0 Å². The summed E-state index contributed by atoms with van der Waals surface area (Å²) in [7, 11) is 0. The highest BCUT2D eigenvalue weighted by Gasteiger charge is 2.14. The predicted molar refractivity (Wildman–Crippen MR) is 85.4 cm³/mol. The van der Waals surface area contributed by atoms with Crippen LogP contribution >= 0.6 is 22.6 Å². The largest absolute Gasteiger partial charge is 0.493 e. The van der Waals surface area contributed by atoms with Crippen LogP contribution in [0.25, 0.3) is 0 Å². The van der Waals surface area contributed by atoms with Crippen LogP contribution in [0.5, 0.6) is 5.75 Å². The Balaban J connectivity index is 1.93. The van der Waals surface area contributed by atoms with Crippen LogP contribution in [0, 0.1) is 3.57 Å². The molecule has 2 aromatic rings. The highest BCUT2D eigenvalue weighted by atomic mass is 127. The lowest BCUT2D eigenvalue weighted by Gasteiger charge is -2.20. The SMILES string of the molecule is NC(c1cccc(I)c1)c1ccc2c(c1)CCCO2. The first kappa shape index (κ1) is 12.9. The summed E-state index contributed by atoms with van der Waals surface area (Å²) in [6.07, 6.45) is 2.18. The number of fused-ring (bicyclic) bond motifs is 1. The average molecular weight is 365 g/mol. The Hall–Kier alpha value is -1.07. The molecule has 0 aliphatic carbocycles. The van der Waals surface area contributed by atoms with Gasteiger partial charge < -0.3 is 10.5 Å². The van der Waals surface area contributed by atoms with E-state index in [2.05, 4.69) is 65.1 Å². The molecule has 0 saturated heterocycles. The van der Waals surface area contributed by atoms with Gasteiger partial charge in [0.05, 0.1) is 12.6 Å². The molecule has 1 atom stereocenters. The number of halogens is 1. The predicted octanol–water partition coefficient (Wildman–Crippen LogP) is 3.66. The monoisotopic (exact) mass is 365 g/mol. The molecule has 1 heterocycles. The minimum atomic E-state index is -0.0676. The number of hydrogen-bond acceptors (Lipinski definition) is 2. The van der Waals surface area contributed by atoms with Gasteiger partial charge in [0.2, 0.25) is 0 Å². The van der Waals surface area contributed by atoms with Gasteiger partial charge in [0.1, 0.15) is 5.75 Å². The molecule has 2 aromatic carbocycles. The van der Waals surface area contributed by atoms with Gasteiger partial charge in [0, 0.05) is 3.57 Å². The third kappa shape index (κ3) is 2.77. The van der Waals surface area contributed by atoms with Crippen molar-refractivity contribution in [2.75, 3.05) is 6.61 Å². The van der Waals surface area contributed by atoms with Crippen LogP contribution in [0.2, 0.25) is 0 Å². The fourth-order valence-electron chi connectivity index (χ4n) is 2.47. The fraction of sp³-hybridized carbons (Fsp3) is 0.250. The standard InChI is InChI=1S/C16H16INO/c17-14-5-1-3-12(10-14)16(18)13-6-7-15-11(9-13)4-2-8-19-15/h1,3,5-7,9-10,16H,2,4,8,18H2. The number of hydrogen-bond donors (Lipinski definition) is 1. The minimum Gasteiger partial charge on any atom is -0.493 e. The van der Waals surface area contributed by atoms with E-state index in [0.29, 0.717) is 0 Å². The Kier molecular flexibility index (Phi) is 3.75. The van der Waals surface area contributed by atoms with Gasteiger partial charge in [-0.1, -0.05) is 24.3 Å². The Morgan fingerprint density at radius 2 is 1.95 bits per heavy atom. The number of rotatable bonds is 2. The first-order valence-corrected chi connectivity index (χ1v) is 7.58. The molecule has 0 saturated carbocycles. The molecule has 98 valence electrons. The van der Waals surface area contributed by atoms with Crippen LogP contribution in [0.1, 0.15) is 29.2 Å². The molecule has 0 amide bonds. The van der Waals surface area contributed by atoms with Crippen molar-refractivity contribution in [1.82, 2.24) is 0 Å². The smallest absolute Gasteiger partial charge is 0.122 e. The zero-order valence-electron chi connectivity index (χ0n) is 10.6. The van der Waals surface area contributed by atoms with E-state index in [1.54, 1.807) is 0 Å². The van der Waals surface area contributed by atoms with E-state index in [0.717, 1.165) is 36.3 Å². The van der Waals surface area contributed by atoms with Crippen LogP contribution in [0.15, 0.2) is 42.5 Å². The minimum absolute atomic E-state index is 0.0676. The number of benzene rings is 2. The van der Waals surface area contributed by atoms with E-state index in [1.165, 1.54) is 9.13 Å². The van der Waals surface area contributed by atoms with Crippen molar-refractivity contribution in [3.05, 3.63) is 62.7 Å². The van der Waals surface area contributed by atoms with Gasteiger partial charge in [0.25, 0.3) is 0 Å². The van der Waals surface area contributed by atoms with Gasteiger partial charge in [-0.2, -0.15) is 0 Å². The van der Waals surface area contributed by atoms with Gasteiger partial charge in [-0.3, -0.25) is 0 Å². The van der Waals surface area contributed by atoms with Crippen molar-refractivity contribution in [3.8, 4) is 5.75 Å². The summed E-state index contributed by atoms with van der Waals surface area (Å²) in [4.78, 5) is 0. The Morgan fingerprint density at radius 1 is 1.11 bits per heavy atom. The van der Waals surface area contributed by atoms with Crippen LogP contribution < -0.4 is 10.5 Å². The molecule has 1 aliphatic heterocycles. The summed E-state index contributed by atoms with van der Waals surface area (Å²) in [5.41, 5.74) is 9.97.